The minimum atomic E-state index is -0.216. The first kappa shape index (κ1) is 24.4. The summed E-state index contributed by atoms with van der Waals surface area (Å²) in [5.41, 5.74) is 8.45. The van der Waals surface area contributed by atoms with Gasteiger partial charge in [0.1, 0.15) is 12.4 Å². The highest BCUT2D eigenvalue weighted by atomic mass is 79.9. The van der Waals surface area contributed by atoms with Gasteiger partial charge in [-0.2, -0.15) is 0 Å². The van der Waals surface area contributed by atoms with Crippen molar-refractivity contribution >= 4 is 26.8 Å². The van der Waals surface area contributed by atoms with Crippen LogP contribution >= 0.6 is 15.9 Å². The number of rotatable bonds is 5. The molecule has 0 radical (unpaired) electrons. The van der Waals surface area contributed by atoms with E-state index in [1.807, 2.05) is 24.3 Å². The van der Waals surface area contributed by atoms with E-state index in [9.17, 15) is 4.39 Å². The molecule has 2 unspecified atom stereocenters. The Bertz CT molecular complexity index is 1660. The number of para-hydroxylation sites is 1. The minimum Gasteiger partial charge on any atom is -0.493 e. The van der Waals surface area contributed by atoms with Gasteiger partial charge in [0.05, 0.1) is 13.2 Å². The third-order valence-electron chi connectivity index (χ3n) is 8.17. The molecular weight excluding hydrogens is 555 g/mol. The number of hydrogen-bond donors (Lipinski definition) is 1. The van der Waals surface area contributed by atoms with Crippen LogP contribution in [-0.2, 0) is 19.4 Å². The summed E-state index contributed by atoms with van der Waals surface area (Å²) in [4.78, 5) is 6.29. The number of methoxy groups -OCH3 is 1. The van der Waals surface area contributed by atoms with E-state index in [-0.39, 0.29) is 17.9 Å². The van der Waals surface area contributed by atoms with Crippen molar-refractivity contribution in [1.82, 2.24) is 9.88 Å². The standard InChI is InChI=1S/C33H28BrFN2O2/c1-38-30-16-22-14-15-37-29(26(22)18-31(30)39-19-20-6-10-23(34)11-7-20)17-27-25-4-2-3-5-28(25)36-32(27)33(37)21-8-12-24(35)13-9-21/h2-13,16,18,29,33,36H,14-15,17,19H2,1H3. The Morgan fingerprint density at radius 1 is 0.974 bits per heavy atom. The van der Waals surface area contributed by atoms with Crippen LogP contribution in [0.2, 0.25) is 0 Å². The van der Waals surface area contributed by atoms with Gasteiger partial charge in [-0.25, -0.2) is 4.39 Å². The first-order valence-corrected chi connectivity index (χ1v) is 14.1. The lowest BCUT2D eigenvalue weighted by atomic mass is 9.80. The first-order chi connectivity index (χ1) is 19.1. The Morgan fingerprint density at radius 3 is 2.56 bits per heavy atom. The van der Waals surface area contributed by atoms with E-state index in [0.29, 0.717) is 6.61 Å². The Morgan fingerprint density at radius 2 is 1.77 bits per heavy atom. The van der Waals surface area contributed by atoms with Gasteiger partial charge in [0.2, 0.25) is 0 Å². The maximum Gasteiger partial charge on any atom is 0.162 e. The van der Waals surface area contributed by atoms with Gasteiger partial charge in [-0.3, -0.25) is 4.90 Å². The van der Waals surface area contributed by atoms with E-state index < -0.39 is 0 Å². The maximum absolute atomic E-state index is 13.9. The zero-order valence-electron chi connectivity index (χ0n) is 21.6. The van der Waals surface area contributed by atoms with Gasteiger partial charge in [0.15, 0.2) is 11.5 Å². The van der Waals surface area contributed by atoms with E-state index in [0.717, 1.165) is 52.0 Å². The van der Waals surface area contributed by atoms with E-state index in [1.165, 1.54) is 27.8 Å². The molecule has 0 saturated carbocycles. The normalized spacial score (nSPS) is 18.3. The molecule has 2 aliphatic heterocycles. The fraction of sp³-hybridized carbons (Fsp3) is 0.212. The van der Waals surface area contributed by atoms with Gasteiger partial charge in [0.25, 0.3) is 0 Å². The SMILES string of the molecule is COc1cc2c(cc1OCc1ccc(Br)cc1)C1Cc3c([nH]c4ccccc34)C(c3ccc(F)cc3)N1CC2. The lowest BCUT2D eigenvalue weighted by Crippen LogP contribution is -2.43. The molecule has 1 N–H and O–H groups in total. The zero-order chi connectivity index (χ0) is 26.5. The van der Waals surface area contributed by atoms with Crippen LogP contribution in [0.1, 0.15) is 45.6 Å². The van der Waals surface area contributed by atoms with E-state index in [4.69, 9.17) is 9.47 Å². The summed E-state index contributed by atoms with van der Waals surface area (Å²) < 4.78 is 27.1. The highest BCUT2D eigenvalue weighted by Gasteiger charge is 2.41. The van der Waals surface area contributed by atoms with E-state index in [2.05, 4.69) is 74.3 Å². The van der Waals surface area contributed by atoms with Crippen LogP contribution in [0.4, 0.5) is 4.39 Å². The smallest absolute Gasteiger partial charge is 0.162 e. The van der Waals surface area contributed by atoms with Crippen molar-refractivity contribution in [3.63, 3.8) is 0 Å². The summed E-state index contributed by atoms with van der Waals surface area (Å²) in [5, 5.41) is 1.26. The lowest BCUT2D eigenvalue weighted by molar-refractivity contribution is 0.127. The van der Waals surface area contributed by atoms with Gasteiger partial charge in [-0.05, 0) is 83.1 Å². The molecule has 0 spiro atoms. The summed E-state index contributed by atoms with van der Waals surface area (Å²) in [6.45, 7) is 1.36. The lowest BCUT2D eigenvalue weighted by Gasteiger charge is -2.46. The molecule has 1 aromatic heterocycles. The highest BCUT2D eigenvalue weighted by molar-refractivity contribution is 9.10. The molecule has 2 aliphatic rings. The highest BCUT2D eigenvalue weighted by Crippen LogP contribution is 2.49. The average molecular weight is 584 g/mol. The molecule has 0 saturated heterocycles. The molecule has 2 atom stereocenters. The number of benzene rings is 4. The molecule has 4 aromatic carbocycles. The van der Waals surface area contributed by atoms with Crippen molar-refractivity contribution in [1.29, 1.82) is 0 Å². The summed E-state index contributed by atoms with van der Waals surface area (Å²) in [6, 6.07) is 28.2. The Labute approximate surface area is 235 Å². The largest absolute Gasteiger partial charge is 0.493 e. The Kier molecular flexibility index (Phi) is 6.17. The van der Waals surface area contributed by atoms with Crippen molar-refractivity contribution in [2.75, 3.05) is 13.7 Å². The number of nitrogens with one attached hydrogen (secondary N) is 1. The van der Waals surface area contributed by atoms with E-state index in [1.54, 1.807) is 19.2 Å². The van der Waals surface area contributed by atoms with Crippen molar-refractivity contribution in [3.05, 3.63) is 129 Å². The minimum absolute atomic E-state index is 0.00846. The van der Waals surface area contributed by atoms with Gasteiger partial charge in [-0.15, -0.1) is 0 Å². The van der Waals surface area contributed by atoms with Gasteiger partial charge in [-0.1, -0.05) is 58.4 Å². The summed E-state index contributed by atoms with van der Waals surface area (Å²) >= 11 is 3.50. The molecule has 0 bridgehead atoms. The van der Waals surface area contributed by atoms with Crippen molar-refractivity contribution in [3.8, 4) is 11.5 Å². The number of aromatic nitrogens is 1. The number of ether oxygens (including phenoxy) is 2. The molecule has 39 heavy (non-hydrogen) atoms. The molecule has 196 valence electrons. The predicted molar refractivity (Wildman–Crippen MR) is 155 cm³/mol. The average Bonchev–Trinajstić information content (AvgIpc) is 3.34. The number of halogens is 2. The number of fused-ring (bicyclic) bond motifs is 6. The zero-order valence-corrected chi connectivity index (χ0v) is 23.2. The van der Waals surface area contributed by atoms with Crippen LogP contribution in [-0.4, -0.2) is 23.5 Å². The van der Waals surface area contributed by atoms with Crippen molar-refractivity contribution in [2.24, 2.45) is 0 Å². The molecule has 0 fully saturated rings. The second kappa shape index (κ2) is 9.85. The van der Waals surface area contributed by atoms with Crippen LogP contribution in [0.5, 0.6) is 11.5 Å². The fourth-order valence-corrected chi connectivity index (χ4v) is 6.58. The molecule has 0 amide bonds. The molecule has 0 aliphatic carbocycles. The third-order valence-corrected chi connectivity index (χ3v) is 8.70. The number of aromatic amines is 1. The van der Waals surface area contributed by atoms with Crippen LogP contribution in [0.15, 0.2) is 89.4 Å². The summed E-state index contributed by atoms with van der Waals surface area (Å²) in [6.07, 6.45) is 1.80. The second-order valence-corrected chi connectivity index (χ2v) is 11.3. The van der Waals surface area contributed by atoms with Crippen LogP contribution in [0.25, 0.3) is 10.9 Å². The van der Waals surface area contributed by atoms with Crippen molar-refractivity contribution < 1.29 is 13.9 Å². The van der Waals surface area contributed by atoms with Crippen LogP contribution < -0.4 is 9.47 Å². The second-order valence-electron chi connectivity index (χ2n) is 10.3. The van der Waals surface area contributed by atoms with Crippen LogP contribution in [0, 0.1) is 5.82 Å². The van der Waals surface area contributed by atoms with Gasteiger partial charge >= 0.3 is 0 Å². The van der Waals surface area contributed by atoms with Crippen LogP contribution in [0.3, 0.4) is 0 Å². The number of hydrogen-bond acceptors (Lipinski definition) is 3. The maximum atomic E-state index is 13.9. The molecular formula is C33H28BrFN2O2. The van der Waals surface area contributed by atoms with E-state index >= 15 is 0 Å². The molecule has 5 aromatic rings. The predicted octanol–water partition coefficient (Wildman–Crippen LogP) is 7.90. The molecule has 7 rings (SSSR count). The quantitative estimate of drug-likeness (QED) is 0.229. The Balaban J connectivity index is 1.32. The topological polar surface area (TPSA) is 37.5 Å². The van der Waals surface area contributed by atoms with Crippen molar-refractivity contribution in [2.45, 2.75) is 31.5 Å². The Hall–Kier alpha value is -3.61. The number of nitrogens with zero attached hydrogens (tertiary/aromatic N) is 1. The first-order valence-electron chi connectivity index (χ1n) is 13.3. The summed E-state index contributed by atoms with van der Waals surface area (Å²) in [5.74, 6) is 1.30. The summed E-state index contributed by atoms with van der Waals surface area (Å²) in [7, 11) is 1.70. The third kappa shape index (κ3) is 4.32. The van der Waals surface area contributed by atoms with Gasteiger partial charge < -0.3 is 14.5 Å². The number of H-pyrrole nitrogens is 1. The fourth-order valence-electron chi connectivity index (χ4n) is 6.32. The molecule has 6 heteroatoms. The van der Waals surface area contributed by atoms with Gasteiger partial charge in [0, 0.05) is 33.7 Å². The molecule has 3 heterocycles. The monoisotopic (exact) mass is 582 g/mol. The molecule has 4 nitrogen and oxygen atoms in total.